The van der Waals surface area contributed by atoms with E-state index in [0.717, 1.165) is 25.0 Å². The average Bonchev–Trinajstić information content (AvgIpc) is 2.61. The van der Waals surface area contributed by atoms with Gasteiger partial charge in [0.2, 0.25) is 11.8 Å². The Hall–Kier alpha value is -2.05. The van der Waals surface area contributed by atoms with Gasteiger partial charge in [0.25, 0.3) is 0 Å². The Morgan fingerprint density at radius 2 is 1.72 bits per heavy atom. The third-order valence-electron chi connectivity index (χ3n) is 4.50. The molecule has 2 N–H and O–H groups in total. The molecule has 1 aliphatic rings. The predicted octanol–water partition coefficient (Wildman–Crippen LogP) is 3.91. The molecule has 2 rings (SSSR count). The topological polar surface area (TPSA) is 58.2 Å². The van der Waals surface area contributed by atoms with E-state index in [9.17, 15) is 22.8 Å². The molecule has 2 amide bonds. The zero-order chi connectivity index (χ0) is 18.2. The maximum Gasteiger partial charge on any atom is 0.243 e. The summed E-state index contributed by atoms with van der Waals surface area (Å²) in [5.41, 5.74) is -0.463. The summed E-state index contributed by atoms with van der Waals surface area (Å²) in [7, 11) is 0. The first-order valence-electron chi connectivity index (χ1n) is 8.67. The molecule has 1 aliphatic carbocycles. The molecule has 0 aliphatic heterocycles. The summed E-state index contributed by atoms with van der Waals surface area (Å²) in [5.74, 6) is -4.71. The largest absolute Gasteiger partial charge is 0.347 e. The van der Waals surface area contributed by atoms with E-state index in [1.807, 2.05) is 0 Å². The molecule has 1 aromatic carbocycles. The summed E-state index contributed by atoms with van der Waals surface area (Å²) in [4.78, 5) is 23.4. The monoisotopic (exact) mass is 356 g/mol. The molecule has 25 heavy (non-hydrogen) atoms. The fraction of sp³-hybridized carbons (Fsp3) is 0.556. The Morgan fingerprint density at radius 1 is 1.00 bits per heavy atom. The molecule has 1 aromatic rings. The van der Waals surface area contributed by atoms with Gasteiger partial charge >= 0.3 is 0 Å². The third kappa shape index (κ3) is 6.07. The van der Waals surface area contributed by atoms with Crippen LogP contribution in [0, 0.1) is 23.4 Å². The molecule has 0 radical (unpaired) electrons. The highest BCUT2D eigenvalue weighted by Gasteiger charge is 2.16. The quantitative estimate of drug-likeness (QED) is 0.728. The molecule has 7 heteroatoms. The molecular formula is C18H23F3N2O2. The van der Waals surface area contributed by atoms with Crippen LogP contribution in [0.4, 0.5) is 18.9 Å². The first kappa shape index (κ1) is 19.3. The van der Waals surface area contributed by atoms with Crippen molar-refractivity contribution in [3.63, 3.8) is 0 Å². The molecule has 0 bridgehead atoms. The van der Waals surface area contributed by atoms with E-state index in [4.69, 9.17) is 0 Å². The Labute approximate surface area is 145 Å². The average molecular weight is 356 g/mol. The number of halogens is 3. The zero-order valence-corrected chi connectivity index (χ0v) is 14.0. The molecule has 4 nitrogen and oxygen atoms in total. The lowest BCUT2D eigenvalue weighted by atomic mass is 9.86. The Balaban J connectivity index is 1.67. The molecule has 0 unspecified atom stereocenters. The minimum atomic E-state index is -1.65. The van der Waals surface area contributed by atoms with Gasteiger partial charge < -0.3 is 10.6 Å². The van der Waals surface area contributed by atoms with Crippen LogP contribution in [0.5, 0.6) is 0 Å². The van der Waals surface area contributed by atoms with E-state index >= 15 is 0 Å². The summed E-state index contributed by atoms with van der Waals surface area (Å²) in [6.45, 7) is -0.347. The summed E-state index contributed by atoms with van der Waals surface area (Å²) in [6.07, 6.45) is 8.40. The minimum absolute atomic E-state index is 0.253. The van der Waals surface area contributed by atoms with Gasteiger partial charge in [-0.1, -0.05) is 32.1 Å². The van der Waals surface area contributed by atoms with Crippen LogP contribution in [-0.2, 0) is 9.59 Å². The minimum Gasteiger partial charge on any atom is -0.347 e. The summed E-state index contributed by atoms with van der Waals surface area (Å²) in [5, 5.41) is 4.55. The zero-order valence-electron chi connectivity index (χ0n) is 14.0. The van der Waals surface area contributed by atoms with Crippen LogP contribution in [0.25, 0.3) is 0 Å². The van der Waals surface area contributed by atoms with Crippen LogP contribution < -0.4 is 10.6 Å². The second-order valence-corrected chi connectivity index (χ2v) is 6.44. The number of anilines is 1. The SMILES string of the molecule is O=C(CCCC1CCCCC1)NCC(=O)Nc1ccc(F)c(F)c1F. The number of benzene rings is 1. The molecule has 0 heterocycles. The summed E-state index contributed by atoms with van der Waals surface area (Å²) >= 11 is 0. The van der Waals surface area contributed by atoms with E-state index in [-0.39, 0.29) is 12.5 Å². The van der Waals surface area contributed by atoms with Crippen molar-refractivity contribution in [2.75, 3.05) is 11.9 Å². The third-order valence-corrected chi connectivity index (χ3v) is 4.50. The highest BCUT2D eigenvalue weighted by atomic mass is 19.2. The Bertz CT molecular complexity index is 617. The fourth-order valence-corrected chi connectivity index (χ4v) is 3.11. The van der Waals surface area contributed by atoms with Crippen LogP contribution >= 0.6 is 0 Å². The maximum absolute atomic E-state index is 13.4. The first-order chi connectivity index (χ1) is 12.0. The molecule has 0 saturated heterocycles. The first-order valence-corrected chi connectivity index (χ1v) is 8.67. The van der Waals surface area contributed by atoms with Crippen molar-refractivity contribution in [2.45, 2.75) is 51.4 Å². The summed E-state index contributed by atoms with van der Waals surface area (Å²) < 4.78 is 39.3. The number of carbonyl (C=O) groups excluding carboxylic acids is 2. The van der Waals surface area contributed by atoms with Gasteiger partial charge in [-0.25, -0.2) is 13.2 Å². The standard InChI is InChI=1S/C18H23F3N2O2/c19-13-9-10-14(18(21)17(13)20)23-16(25)11-22-15(24)8-4-7-12-5-2-1-3-6-12/h9-10,12H,1-8,11H2,(H,22,24)(H,23,25). The molecule has 0 aromatic heterocycles. The van der Waals surface area contributed by atoms with Gasteiger partial charge in [0.05, 0.1) is 12.2 Å². The number of nitrogens with one attached hydrogen (secondary N) is 2. The number of carbonyl (C=O) groups is 2. The van der Waals surface area contributed by atoms with Crippen molar-refractivity contribution in [2.24, 2.45) is 5.92 Å². The lowest BCUT2D eigenvalue weighted by molar-refractivity contribution is -0.124. The van der Waals surface area contributed by atoms with Crippen molar-refractivity contribution in [3.8, 4) is 0 Å². The van der Waals surface area contributed by atoms with Gasteiger partial charge in [0, 0.05) is 6.42 Å². The lowest BCUT2D eigenvalue weighted by Crippen LogP contribution is -2.33. The van der Waals surface area contributed by atoms with E-state index in [2.05, 4.69) is 10.6 Å². The van der Waals surface area contributed by atoms with Gasteiger partial charge in [-0.05, 0) is 30.9 Å². The van der Waals surface area contributed by atoms with Crippen molar-refractivity contribution in [1.82, 2.24) is 5.32 Å². The van der Waals surface area contributed by atoms with Gasteiger partial charge in [-0.15, -0.1) is 0 Å². The number of hydrogen-bond acceptors (Lipinski definition) is 2. The van der Waals surface area contributed by atoms with Crippen LogP contribution in [-0.4, -0.2) is 18.4 Å². The van der Waals surface area contributed by atoms with Crippen LogP contribution in [0.1, 0.15) is 51.4 Å². The summed E-state index contributed by atoms with van der Waals surface area (Å²) in [6, 6.07) is 1.65. The van der Waals surface area contributed by atoms with Crippen LogP contribution in [0.15, 0.2) is 12.1 Å². The highest BCUT2D eigenvalue weighted by Crippen LogP contribution is 2.27. The molecule has 138 valence electrons. The smallest absolute Gasteiger partial charge is 0.243 e. The van der Waals surface area contributed by atoms with E-state index in [0.29, 0.717) is 12.3 Å². The molecule has 1 saturated carbocycles. The Morgan fingerprint density at radius 3 is 2.44 bits per heavy atom. The van der Waals surface area contributed by atoms with E-state index in [1.54, 1.807) is 0 Å². The van der Waals surface area contributed by atoms with Crippen molar-refractivity contribution in [1.29, 1.82) is 0 Å². The highest BCUT2D eigenvalue weighted by molar-refractivity contribution is 5.94. The van der Waals surface area contributed by atoms with Gasteiger partial charge in [0.15, 0.2) is 17.5 Å². The number of hydrogen-bond donors (Lipinski definition) is 2. The van der Waals surface area contributed by atoms with E-state index in [1.165, 1.54) is 32.1 Å². The predicted molar refractivity (Wildman–Crippen MR) is 88.4 cm³/mol. The van der Waals surface area contributed by atoms with Gasteiger partial charge in [0.1, 0.15) is 0 Å². The lowest BCUT2D eigenvalue weighted by Gasteiger charge is -2.21. The maximum atomic E-state index is 13.4. The van der Waals surface area contributed by atoms with Crippen LogP contribution in [0.2, 0.25) is 0 Å². The second-order valence-electron chi connectivity index (χ2n) is 6.44. The molecular weight excluding hydrogens is 333 g/mol. The second kappa shape index (κ2) is 9.44. The number of amides is 2. The normalized spacial score (nSPS) is 15.0. The number of rotatable bonds is 7. The molecule has 0 atom stereocenters. The van der Waals surface area contributed by atoms with Crippen molar-refractivity contribution >= 4 is 17.5 Å². The van der Waals surface area contributed by atoms with Crippen molar-refractivity contribution < 1.29 is 22.8 Å². The van der Waals surface area contributed by atoms with Gasteiger partial charge in [-0.2, -0.15) is 0 Å². The van der Waals surface area contributed by atoms with E-state index < -0.39 is 29.0 Å². The van der Waals surface area contributed by atoms with Gasteiger partial charge in [-0.3, -0.25) is 9.59 Å². The fourth-order valence-electron chi connectivity index (χ4n) is 3.11. The Kier molecular flexibility index (Phi) is 7.28. The van der Waals surface area contributed by atoms with Crippen LogP contribution in [0.3, 0.4) is 0 Å². The van der Waals surface area contributed by atoms with Crippen molar-refractivity contribution in [3.05, 3.63) is 29.6 Å². The molecule has 1 fully saturated rings. The molecule has 0 spiro atoms.